The molecule has 1 N–H and O–H groups in total. The minimum atomic E-state index is -0.297. The second-order valence-electron chi connectivity index (χ2n) is 6.59. The molecule has 0 saturated heterocycles. The SMILES string of the molecule is Cc1ccnc(NC(=O)C[C@H](c2cccs2)N2Cc3ccccc3C2=O)c1. The predicted molar refractivity (Wildman–Crippen MR) is 106 cm³/mol. The van der Waals surface area contributed by atoms with E-state index in [2.05, 4.69) is 10.3 Å². The summed E-state index contributed by atoms with van der Waals surface area (Å²) in [5, 5.41) is 4.82. The van der Waals surface area contributed by atoms with Crippen LogP contribution in [0.25, 0.3) is 0 Å². The lowest BCUT2D eigenvalue weighted by Gasteiger charge is -2.26. The van der Waals surface area contributed by atoms with Crippen LogP contribution in [0, 0.1) is 6.92 Å². The van der Waals surface area contributed by atoms with E-state index in [1.807, 2.05) is 60.8 Å². The molecule has 0 aliphatic carbocycles. The van der Waals surface area contributed by atoms with Crippen LogP contribution in [0.2, 0.25) is 0 Å². The fourth-order valence-corrected chi connectivity index (χ4v) is 4.19. The molecule has 5 nitrogen and oxygen atoms in total. The first-order chi connectivity index (χ1) is 13.1. The zero-order valence-corrected chi connectivity index (χ0v) is 15.7. The number of aryl methyl sites for hydroxylation is 1. The highest BCUT2D eigenvalue weighted by Crippen LogP contribution is 2.35. The average molecular weight is 377 g/mol. The number of thiophene rings is 1. The quantitative estimate of drug-likeness (QED) is 0.726. The van der Waals surface area contributed by atoms with E-state index in [4.69, 9.17) is 0 Å². The highest BCUT2D eigenvalue weighted by atomic mass is 32.1. The van der Waals surface area contributed by atoms with Gasteiger partial charge in [0.15, 0.2) is 0 Å². The van der Waals surface area contributed by atoms with Gasteiger partial charge < -0.3 is 10.2 Å². The minimum absolute atomic E-state index is 0.0227. The van der Waals surface area contributed by atoms with Gasteiger partial charge in [0.25, 0.3) is 5.91 Å². The predicted octanol–water partition coefficient (Wildman–Crippen LogP) is 4.18. The highest BCUT2D eigenvalue weighted by molar-refractivity contribution is 7.10. The summed E-state index contributed by atoms with van der Waals surface area (Å²) in [7, 11) is 0. The molecule has 0 radical (unpaired) electrons. The Balaban J connectivity index is 1.56. The second kappa shape index (κ2) is 7.32. The summed E-state index contributed by atoms with van der Waals surface area (Å²) < 4.78 is 0. The van der Waals surface area contributed by atoms with Crippen molar-refractivity contribution in [3.8, 4) is 0 Å². The Labute approximate surface area is 161 Å². The lowest BCUT2D eigenvalue weighted by molar-refractivity contribution is -0.117. The van der Waals surface area contributed by atoms with Gasteiger partial charge in [0, 0.05) is 23.2 Å². The van der Waals surface area contributed by atoms with Gasteiger partial charge in [0.2, 0.25) is 5.91 Å². The molecule has 3 aromatic rings. The maximum atomic E-state index is 12.9. The largest absolute Gasteiger partial charge is 0.326 e. The van der Waals surface area contributed by atoms with Crippen molar-refractivity contribution in [2.24, 2.45) is 0 Å². The third-order valence-electron chi connectivity index (χ3n) is 4.66. The summed E-state index contributed by atoms with van der Waals surface area (Å²) in [5.74, 6) is 0.349. The van der Waals surface area contributed by atoms with E-state index in [1.54, 1.807) is 22.4 Å². The molecule has 1 aromatic carbocycles. The molecule has 0 bridgehead atoms. The van der Waals surface area contributed by atoms with Gasteiger partial charge in [0.05, 0.1) is 12.5 Å². The minimum Gasteiger partial charge on any atom is -0.326 e. The van der Waals surface area contributed by atoms with Crippen molar-refractivity contribution in [3.63, 3.8) is 0 Å². The number of benzene rings is 1. The maximum Gasteiger partial charge on any atom is 0.255 e. The number of rotatable bonds is 5. The summed E-state index contributed by atoms with van der Waals surface area (Å²) >= 11 is 1.56. The summed E-state index contributed by atoms with van der Waals surface area (Å²) in [4.78, 5) is 32.6. The van der Waals surface area contributed by atoms with Crippen LogP contribution in [0.1, 0.15) is 38.8 Å². The van der Waals surface area contributed by atoms with Gasteiger partial charge in [-0.25, -0.2) is 4.98 Å². The van der Waals surface area contributed by atoms with Gasteiger partial charge in [-0.2, -0.15) is 0 Å². The third-order valence-corrected chi connectivity index (χ3v) is 5.63. The molecule has 1 aliphatic heterocycles. The number of nitrogens with one attached hydrogen (secondary N) is 1. The van der Waals surface area contributed by atoms with Crippen molar-refractivity contribution in [3.05, 3.63) is 81.7 Å². The average Bonchev–Trinajstić information content (AvgIpc) is 3.29. The maximum absolute atomic E-state index is 12.9. The standard InChI is InChI=1S/C21H19N3O2S/c1-14-8-9-22-19(11-14)23-20(25)12-17(18-7-4-10-27-18)24-13-15-5-2-3-6-16(15)21(24)26/h2-11,17H,12-13H2,1H3,(H,22,23,25)/t17-/m1/s1. The molecule has 2 aromatic heterocycles. The molecule has 4 rings (SSSR count). The molecule has 2 amide bonds. The number of nitrogens with zero attached hydrogens (tertiary/aromatic N) is 2. The number of fused-ring (bicyclic) bond motifs is 1. The molecular weight excluding hydrogens is 358 g/mol. The Morgan fingerprint density at radius 2 is 2.11 bits per heavy atom. The van der Waals surface area contributed by atoms with Crippen LogP contribution < -0.4 is 5.32 Å². The van der Waals surface area contributed by atoms with Crippen LogP contribution in [0.5, 0.6) is 0 Å². The molecule has 0 unspecified atom stereocenters. The molecule has 0 saturated carbocycles. The number of aromatic nitrogens is 1. The number of hydrogen-bond donors (Lipinski definition) is 1. The Hall–Kier alpha value is -2.99. The smallest absolute Gasteiger partial charge is 0.255 e. The Morgan fingerprint density at radius 1 is 1.26 bits per heavy atom. The number of amides is 2. The van der Waals surface area contributed by atoms with Gasteiger partial charge >= 0.3 is 0 Å². The van der Waals surface area contributed by atoms with Crippen molar-refractivity contribution in [2.75, 3.05) is 5.32 Å². The number of anilines is 1. The van der Waals surface area contributed by atoms with Crippen molar-refractivity contribution in [2.45, 2.75) is 25.9 Å². The van der Waals surface area contributed by atoms with E-state index in [1.165, 1.54) is 0 Å². The first-order valence-corrected chi connectivity index (χ1v) is 9.64. The lowest BCUT2D eigenvalue weighted by Crippen LogP contribution is -2.31. The van der Waals surface area contributed by atoms with E-state index in [0.717, 1.165) is 21.6 Å². The Bertz CT molecular complexity index is 985. The fraction of sp³-hybridized carbons (Fsp3) is 0.190. The summed E-state index contributed by atoms with van der Waals surface area (Å²) in [5.41, 5.74) is 2.75. The molecule has 0 spiro atoms. The van der Waals surface area contributed by atoms with Crippen LogP contribution in [0.3, 0.4) is 0 Å². The van der Waals surface area contributed by atoms with E-state index in [9.17, 15) is 9.59 Å². The zero-order valence-electron chi connectivity index (χ0n) is 14.9. The molecule has 136 valence electrons. The number of pyridine rings is 1. The number of hydrogen-bond acceptors (Lipinski definition) is 4. The topological polar surface area (TPSA) is 62.3 Å². The summed E-state index contributed by atoms with van der Waals surface area (Å²) in [6, 6.07) is 15.0. The molecule has 3 heterocycles. The second-order valence-corrected chi connectivity index (χ2v) is 7.57. The van der Waals surface area contributed by atoms with Crippen LogP contribution in [0.15, 0.2) is 60.1 Å². The Kier molecular flexibility index (Phi) is 4.73. The molecule has 1 atom stereocenters. The van der Waals surface area contributed by atoms with E-state index in [-0.39, 0.29) is 24.3 Å². The zero-order chi connectivity index (χ0) is 18.8. The molecule has 0 fully saturated rings. The number of carbonyl (C=O) groups excluding carboxylic acids is 2. The van der Waals surface area contributed by atoms with Crippen molar-refractivity contribution < 1.29 is 9.59 Å². The first-order valence-electron chi connectivity index (χ1n) is 8.76. The monoisotopic (exact) mass is 377 g/mol. The van der Waals surface area contributed by atoms with Gasteiger partial charge in [-0.15, -0.1) is 11.3 Å². The van der Waals surface area contributed by atoms with Crippen molar-refractivity contribution in [1.29, 1.82) is 0 Å². The molecule has 6 heteroatoms. The summed E-state index contributed by atoms with van der Waals surface area (Å²) in [6.45, 7) is 2.47. The fourth-order valence-electron chi connectivity index (χ4n) is 3.35. The van der Waals surface area contributed by atoms with E-state index >= 15 is 0 Å². The van der Waals surface area contributed by atoms with Crippen molar-refractivity contribution in [1.82, 2.24) is 9.88 Å². The van der Waals surface area contributed by atoms with Gasteiger partial charge in [-0.1, -0.05) is 24.3 Å². The van der Waals surface area contributed by atoms with Gasteiger partial charge in [0.1, 0.15) is 5.82 Å². The molecule has 1 aliphatic rings. The van der Waals surface area contributed by atoms with Crippen LogP contribution in [-0.2, 0) is 11.3 Å². The lowest BCUT2D eigenvalue weighted by atomic mass is 10.1. The van der Waals surface area contributed by atoms with Gasteiger partial charge in [-0.05, 0) is 47.7 Å². The molecular formula is C21H19N3O2S. The molecule has 27 heavy (non-hydrogen) atoms. The van der Waals surface area contributed by atoms with Gasteiger partial charge in [-0.3, -0.25) is 9.59 Å². The van der Waals surface area contributed by atoms with E-state index < -0.39 is 0 Å². The van der Waals surface area contributed by atoms with Crippen LogP contribution in [0.4, 0.5) is 5.82 Å². The third kappa shape index (κ3) is 3.61. The van der Waals surface area contributed by atoms with Crippen molar-refractivity contribution >= 4 is 29.0 Å². The van der Waals surface area contributed by atoms with Crippen LogP contribution >= 0.6 is 11.3 Å². The van der Waals surface area contributed by atoms with Crippen LogP contribution in [-0.4, -0.2) is 21.7 Å². The van der Waals surface area contributed by atoms with E-state index in [0.29, 0.717) is 12.4 Å². The highest BCUT2D eigenvalue weighted by Gasteiger charge is 2.34. The number of carbonyl (C=O) groups is 2. The normalized spacial score (nSPS) is 14.1. The first kappa shape index (κ1) is 17.4. The Morgan fingerprint density at radius 3 is 2.85 bits per heavy atom. The summed E-state index contributed by atoms with van der Waals surface area (Å²) in [6.07, 6.45) is 1.86.